The molecular formula is C17H32IN5O. The van der Waals surface area contributed by atoms with Crippen molar-refractivity contribution >= 4 is 29.9 Å². The normalized spacial score (nSPS) is 16.0. The number of guanidine groups is 1. The lowest BCUT2D eigenvalue weighted by Gasteiger charge is -2.25. The van der Waals surface area contributed by atoms with Gasteiger partial charge in [0.15, 0.2) is 5.96 Å². The maximum absolute atomic E-state index is 5.41. The molecule has 7 heteroatoms. The highest BCUT2D eigenvalue weighted by Gasteiger charge is 2.29. The van der Waals surface area contributed by atoms with Gasteiger partial charge in [0.25, 0.3) is 0 Å². The first-order valence-electron chi connectivity index (χ1n) is 8.73. The lowest BCUT2D eigenvalue weighted by atomic mass is 10.1. The highest BCUT2D eigenvalue weighted by atomic mass is 127. The van der Waals surface area contributed by atoms with Crippen molar-refractivity contribution < 1.29 is 4.52 Å². The van der Waals surface area contributed by atoms with Crippen molar-refractivity contribution in [1.82, 2.24) is 20.7 Å². The summed E-state index contributed by atoms with van der Waals surface area (Å²) < 4.78 is 5.41. The summed E-state index contributed by atoms with van der Waals surface area (Å²) in [6.07, 6.45) is 4.41. The van der Waals surface area contributed by atoms with E-state index < -0.39 is 0 Å². The highest BCUT2D eigenvalue weighted by molar-refractivity contribution is 14.0. The zero-order chi connectivity index (χ0) is 16.8. The summed E-state index contributed by atoms with van der Waals surface area (Å²) in [5, 5.41) is 10.9. The molecule has 1 aliphatic rings. The number of hydrogen-bond acceptors (Lipinski definition) is 4. The fourth-order valence-corrected chi connectivity index (χ4v) is 2.76. The molecule has 0 aliphatic heterocycles. The zero-order valence-electron chi connectivity index (χ0n) is 15.6. The number of aromatic nitrogens is 1. The standard InChI is InChI=1S/C17H31N5O.HI/c1-6-15-14(16(7-2)23-21-15)11-20-17(18-4)19-10-12(3)22(5)13-8-9-13;/h12-13H,6-11H2,1-5H3,(H2,18,19,20);1H. The lowest BCUT2D eigenvalue weighted by molar-refractivity contribution is 0.247. The molecular weight excluding hydrogens is 417 g/mol. The Kier molecular flexibility index (Phi) is 9.04. The molecule has 1 heterocycles. The van der Waals surface area contributed by atoms with Crippen molar-refractivity contribution in [3.05, 3.63) is 17.0 Å². The van der Waals surface area contributed by atoms with Gasteiger partial charge < -0.3 is 15.2 Å². The van der Waals surface area contributed by atoms with Crippen LogP contribution in [0.25, 0.3) is 0 Å². The van der Waals surface area contributed by atoms with Crippen LogP contribution in [0.1, 0.15) is 50.6 Å². The molecule has 138 valence electrons. The molecule has 6 nitrogen and oxygen atoms in total. The Morgan fingerprint density at radius 1 is 1.33 bits per heavy atom. The Bertz CT molecular complexity index is 506. The van der Waals surface area contributed by atoms with Crippen LogP contribution in [-0.4, -0.2) is 48.7 Å². The highest BCUT2D eigenvalue weighted by Crippen LogP contribution is 2.26. The molecule has 1 fully saturated rings. The molecule has 1 atom stereocenters. The molecule has 2 rings (SSSR count). The van der Waals surface area contributed by atoms with Crippen LogP contribution in [0.4, 0.5) is 0 Å². The molecule has 1 unspecified atom stereocenters. The Labute approximate surface area is 162 Å². The fourth-order valence-electron chi connectivity index (χ4n) is 2.76. The second-order valence-corrected chi connectivity index (χ2v) is 6.29. The second-order valence-electron chi connectivity index (χ2n) is 6.29. The third-order valence-corrected chi connectivity index (χ3v) is 4.65. The third kappa shape index (κ3) is 5.61. The van der Waals surface area contributed by atoms with Crippen LogP contribution in [0, 0.1) is 0 Å². The number of nitrogens with one attached hydrogen (secondary N) is 2. The topological polar surface area (TPSA) is 65.7 Å². The van der Waals surface area contributed by atoms with Gasteiger partial charge in [0.1, 0.15) is 5.76 Å². The molecule has 2 N–H and O–H groups in total. The van der Waals surface area contributed by atoms with Crippen molar-refractivity contribution in [1.29, 1.82) is 0 Å². The van der Waals surface area contributed by atoms with E-state index in [0.29, 0.717) is 12.6 Å². The van der Waals surface area contributed by atoms with Crippen molar-refractivity contribution in [3.8, 4) is 0 Å². The van der Waals surface area contributed by atoms with Gasteiger partial charge >= 0.3 is 0 Å². The number of halogens is 1. The van der Waals surface area contributed by atoms with Crippen LogP contribution in [0.2, 0.25) is 0 Å². The Balaban J connectivity index is 0.00000288. The molecule has 0 saturated heterocycles. The summed E-state index contributed by atoms with van der Waals surface area (Å²) in [6.45, 7) is 8.03. The summed E-state index contributed by atoms with van der Waals surface area (Å²) >= 11 is 0. The average Bonchev–Trinajstić information content (AvgIpc) is 3.34. The second kappa shape index (κ2) is 10.2. The third-order valence-electron chi connectivity index (χ3n) is 4.65. The molecule has 0 bridgehead atoms. The maximum Gasteiger partial charge on any atom is 0.191 e. The van der Waals surface area contributed by atoms with Gasteiger partial charge in [-0.1, -0.05) is 19.0 Å². The molecule has 0 amide bonds. The summed E-state index contributed by atoms with van der Waals surface area (Å²) in [6, 6.07) is 1.27. The van der Waals surface area contributed by atoms with Gasteiger partial charge in [-0.05, 0) is 33.2 Å². The molecule has 1 aromatic heterocycles. The molecule has 1 aliphatic carbocycles. The SMILES string of the molecule is CCc1noc(CC)c1CNC(=NC)NCC(C)N(C)C1CC1.I. The first-order valence-corrected chi connectivity index (χ1v) is 8.73. The van der Waals surface area contributed by atoms with E-state index >= 15 is 0 Å². The minimum atomic E-state index is 0. The van der Waals surface area contributed by atoms with E-state index in [1.54, 1.807) is 7.05 Å². The number of aryl methyl sites for hydroxylation is 2. The predicted octanol–water partition coefficient (Wildman–Crippen LogP) is 2.57. The van der Waals surface area contributed by atoms with Crippen molar-refractivity contribution in [2.75, 3.05) is 20.6 Å². The molecule has 1 aromatic rings. The fraction of sp³-hybridized carbons (Fsp3) is 0.765. The van der Waals surface area contributed by atoms with E-state index in [2.05, 4.69) is 53.5 Å². The summed E-state index contributed by atoms with van der Waals surface area (Å²) in [5.74, 6) is 1.79. The number of nitrogens with zero attached hydrogens (tertiary/aromatic N) is 3. The molecule has 0 spiro atoms. The summed E-state index contributed by atoms with van der Waals surface area (Å²) in [4.78, 5) is 6.76. The van der Waals surface area contributed by atoms with E-state index in [-0.39, 0.29) is 24.0 Å². The van der Waals surface area contributed by atoms with Crippen LogP contribution in [-0.2, 0) is 19.4 Å². The smallest absolute Gasteiger partial charge is 0.191 e. The van der Waals surface area contributed by atoms with E-state index in [1.165, 1.54) is 18.4 Å². The quantitative estimate of drug-likeness (QED) is 0.363. The Morgan fingerprint density at radius 3 is 2.58 bits per heavy atom. The van der Waals surface area contributed by atoms with E-state index in [1.807, 2.05) is 0 Å². The molecule has 0 aromatic carbocycles. The summed E-state index contributed by atoms with van der Waals surface area (Å²) in [5.41, 5.74) is 2.20. The maximum atomic E-state index is 5.41. The number of aliphatic imine (C=N–C) groups is 1. The van der Waals surface area contributed by atoms with Gasteiger partial charge in [0, 0.05) is 44.2 Å². The zero-order valence-corrected chi connectivity index (χ0v) is 17.9. The van der Waals surface area contributed by atoms with Gasteiger partial charge in [-0.2, -0.15) is 0 Å². The Morgan fingerprint density at radius 2 is 2.04 bits per heavy atom. The van der Waals surface area contributed by atoms with Gasteiger partial charge in [-0.15, -0.1) is 24.0 Å². The predicted molar refractivity (Wildman–Crippen MR) is 109 cm³/mol. The van der Waals surface area contributed by atoms with E-state index in [4.69, 9.17) is 4.52 Å². The molecule has 24 heavy (non-hydrogen) atoms. The van der Waals surface area contributed by atoms with Gasteiger partial charge in [0.05, 0.1) is 5.69 Å². The van der Waals surface area contributed by atoms with Crippen LogP contribution < -0.4 is 10.6 Å². The van der Waals surface area contributed by atoms with E-state index in [9.17, 15) is 0 Å². The van der Waals surface area contributed by atoms with Crippen molar-refractivity contribution in [3.63, 3.8) is 0 Å². The van der Waals surface area contributed by atoms with Gasteiger partial charge in [-0.25, -0.2) is 0 Å². The molecule has 1 saturated carbocycles. The van der Waals surface area contributed by atoms with Crippen LogP contribution in [0.3, 0.4) is 0 Å². The molecule has 0 radical (unpaired) electrons. The largest absolute Gasteiger partial charge is 0.361 e. The van der Waals surface area contributed by atoms with Crippen molar-refractivity contribution in [2.45, 2.75) is 65.1 Å². The summed E-state index contributed by atoms with van der Waals surface area (Å²) in [7, 11) is 4.01. The average molecular weight is 449 g/mol. The monoisotopic (exact) mass is 449 g/mol. The van der Waals surface area contributed by atoms with Gasteiger partial charge in [-0.3, -0.25) is 9.89 Å². The first-order chi connectivity index (χ1) is 11.1. The van der Waals surface area contributed by atoms with Crippen LogP contribution >= 0.6 is 24.0 Å². The minimum Gasteiger partial charge on any atom is -0.361 e. The number of likely N-dealkylation sites (N-methyl/N-ethyl adjacent to an activating group) is 1. The minimum absolute atomic E-state index is 0. The van der Waals surface area contributed by atoms with Crippen molar-refractivity contribution in [2.24, 2.45) is 4.99 Å². The number of hydrogen-bond donors (Lipinski definition) is 2. The first kappa shape index (κ1) is 21.2. The number of rotatable bonds is 8. The van der Waals surface area contributed by atoms with Crippen LogP contribution in [0.15, 0.2) is 9.52 Å². The van der Waals surface area contributed by atoms with E-state index in [0.717, 1.165) is 42.8 Å². The van der Waals surface area contributed by atoms with Gasteiger partial charge in [0.2, 0.25) is 0 Å². The Hall–Kier alpha value is -0.830. The van der Waals surface area contributed by atoms with Crippen LogP contribution in [0.5, 0.6) is 0 Å². The lowest BCUT2D eigenvalue weighted by Crippen LogP contribution is -2.45.